The van der Waals surface area contributed by atoms with Crippen LogP contribution in [0.1, 0.15) is 32.1 Å². The van der Waals surface area contributed by atoms with Crippen LogP contribution in [-0.2, 0) is 4.79 Å². The van der Waals surface area contributed by atoms with Crippen LogP contribution in [0.25, 0.3) is 0 Å². The van der Waals surface area contributed by atoms with Gasteiger partial charge in [-0.1, -0.05) is 22.0 Å². The number of benzene rings is 1. The molecule has 1 aromatic rings. The lowest BCUT2D eigenvalue weighted by atomic mass is 9.85. The van der Waals surface area contributed by atoms with Crippen LogP contribution >= 0.6 is 15.9 Å². The Balaban J connectivity index is 1.81. The molecule has 3 nitrogen and oxygen atoms in total. The smallest absolute Gasteiger partial charge is 0.303 e. The first-order valence-electron chi connectivity index (χ1n) is 6.27. The molecule has 2 rings (SSSR count). The van der Waals surface area contributed by atoms with Crippen molar-refractivity contribution >= 4 is 21.9 Å². The summed E-state index contributed by atoms with van der Waals surface area (Å²) in [4.78, 5) is 10.6. The van der Waals surface area contributed by atoms with Crippen LogP contribution < -0.4 is 4.74 Å². The van der Waals surface area contributed by atoms with Crippen molar-refractivity contribution in [3.05, 3.63) is 28.7 Å². The van der Waals surface area contributed by atoms with Gasteiger partial charge < -0.3 is 9.84 Å². The van der Waals surface area contributed by atoms with Gasteiger partial charge in [0.1, 0.15) is 5.75 Å². The van der Waals surface area contributed by atoms with Gasteiger partial charge in [0.05, 0.1) is 6.10 Å². The van der Waals surface area contributed by atoms with E-state index in [0.717, 1.165) is 35.9 Å². The first-order valence-corrected chi connectivity index (χ1v) is 7.07. The Morgan fingerprint density at radius 2 is 2.06 bits per heavy atom. The van der Waals surface area contributed by atoms with Crippen LogP contribution in [0.3, 0.4) is 0 Å². The third-order valence-corrected chi connectivity index (χ3v) is 3.85. The molecular weight excluding hydrogens is 296 g/mol. The normalized spacial score (nSPS) is 23.6. The van der Waals surface area contributed by atoms with E-state index in [2.05, 4.69) is 15.9 Å². The van der Waals surface area contributed by atoms with Crippen LogP contribution in [0.15, 0.2) is 28.7 Å². The maximum atomic E-state index is 10.6. The molecule has 0 heterocycles. The number of carboxylic acids is 1. The molecule has 0 aromatic heterocycles. The van der Waals surface area contributed by atoms with E-state index in [1.165, 1.54) is 0 Å². The van der Waals surface area contributed by atoms with Gasteiger partial charge in [-0.15, -0.1) is 0 Å². The average molecular weight is 313 g/mol. The second-order valence-corrected chi connectivity index (χ2v) is 5.73. The minimum Gasteiger partial charge on any atom is -0.490 e. The Kier molecular flexibility index (Phi) is 4.64. The largest absolute Gasteiger partial charge is 0.490 e. The highest BCUT2D eigenvalue weighted by Gasteiger charge is 2.23. The molecule has 1 saturated carbocycles. The summed E-state index contributed by atoms with van der Waals surface area (Å²) >= 11 is 3.42. The molecule has 0 radical (unpaired) electrons. The molecule has 1 aliphatic rings. The highest BCUT2D eigenvalue weighted by Crippen LogP contribution is 2.30. The van der Waals surface area contributed by atoms with Gasteiger partial charge in [-0.3, -0.25) is 4.79 Å². The van der Waals surface area contributed by atoms with Crippen LogP contribution in [0, 0.1) is 5.92 Å². The zero-order chi connectivity index (χ0) is 13.0. The van der Waals surface area contributed by atoms with Crippen molar-refractivity contribution in [1.29, 1.82) is 0 Å². The third-order valence-electron chi connectivity index (χ3n) is 3.36. The van der Waals surface area contributed by atoms with Crippen LogP contribution in [0.2, 0.25) is 0 Å². The van der Waals surface area contributed by atoms with Gasteiger partial charge in [-0.25, -0.2) is 0 Å². The zero-order valence-electron chi connectivity index (χ0n) is 10.1. The SMILES string of the molecule is O=C(O)CC1CCC(Oc2cccc(Br)c2)CC1. The molecule has 1 N–H and O–H groups in total. The molecule has 18 heavy (non-hydrogen) atoms. The topological polar surface area (TPSA) is 46.5 Å². The first-order chi connectivity index (χ1) is 8.63. The Morgan fingerprint density at radius 1 is 1.33 bits per heavy atom. The summed E-state index contributed by atoms with van der Waals surface area (Å²) in [5, 5.41) is 8.76. The average Bonchev–Trinajstić information content (AvgIpc) is 2.31. The maximum Gasteiger partial charge on any atom is 0.303 e. The van der Waals surface area contributed by atoms with Crippen molar-refractivity contribution in [3.63, 3.8) is 0 Å². The van der Waals surface area contributed by atoms with Gasteiger partial charge >= 0.3 is 5.97 Å². The summed E-state index contributed by atoms with van der Waals surface area (Å²) in [5.74, 6) is 0.516. The summed E-state index contributed by atoms with van der Waals surface area (Å²) in [7, 11) is 0. The predicted octanol–water partition coefficient (Wildman–Crippen LogP) is 3.86. The molecular formula is C14H17BrO3. The zero-order valence-corrected chi connectivity index (χ0v) is 11.7. The number of carbonyl (C=O) groups is 1. The summed E-state index contributed by atoms with van der Waals surface area (Å²) < 4.78 is 6.93. The number of aliphatic carboxylic acids is 1. The highest BCUT2D eigenvalue weighted by atomic mass is 79.9. The summed E-state index contributed by atoms with van der Waals surface area (Å²) in [6.45, 7) is 0. The fourth-order valence-electron chi connectivity index (χ4n) is 2.43. The standard InChI is InChI=1S/C14H17BrO3/c15-11-2-1-3-13(9-11)18-12-6-4-10(5-7-12)8-14(16)17/h1-3,9-10,12H,4-8H2,(H,16,17). The molecule has 0 bridgehead atoms. The molecule has 1 fully saturated rings. The predicted molar refractivity (Wildman–Crippen MR) is 72.8 cm³/mol. The molecule has 98 valence electrons. The van der Waals surface area contributed by atoms with E-state index in [4.69, 9.17) is 9.84 Å². The van der Waals surface area contributed by atoms with Crippen molar-refractivity contribution in [2.45, 2.75) is 38.2 Å². The molecule has 0 amide bonds. The van der Waals surface area contributed by atoms with Gasteiger partial charge in [0.15, 0.2) is 0 Å². The second kappa shape index (κ2) is 6.23. The Labute approximate surface area is 115 Å². The lowest BCUT2D eigenvalue weighted by Crippen LogP contribution is -2.25. The maximum absolute atomic E-state index is 10.6. The van der Waals surface area contributed by atoms with Crippen LogP contribution in [0.5, 0.6) is 5.75 Å². The molecule has 0 atom stereocenters. The number of rotatable bonds is 4. The third kappa shape index (κ3) is 4.02. The Bertz CT molecular complexity index is 411. The van der Waals surface area contributed by atoms with E-state index in [1.54, 1.807) is 0 Å². The van der Waals surface area contributed by atoms with E-state index in [1.807, 2.05) is 24.3 Å². The monoisotopic (exact) mass is 312 g/mol. The van der Waals surface area contributed by atoms with Gasteiger partial charge in [-0.05, 0) is 49.8 Å². The summed E-state index contributed by atoms with van der Waals surface area (Å²) in [6, 6.07) is 7.84. The minimum atomic E-state index is -0.689. The molecule has 1 aliphatic carbocycles. The lowest BCUT2D eigenvalue weighted by Gasteiger charge is -2.28. The lowest BCUT2D eigenvalue weighted by molar-refractivity contribution is -0.138. The fourth-order valence-corrected chi connectivity index (χ4v) is 2.81. The van der Waals surface area contributed by atoms with E-state index in [-0.39, 0.29) is 6.10 Å². The van der Waals surface area contributed by atoms with Gasteiger partial charge in [0.25, 0.3) is 0 Å². The van der Waals surface area contributed by atoms with E-state index in [9.17, 15) is 4.79 Å². The van der Waals surface area contributed by atoms with Crippen molar-refractivity contribution in [1.82, 2.24) is 0 Å². The molecule has 0 aliphatic heterocycles. The summed E-state index contributed by atoms with van der Waals surface area (Å²) in [5.41, 5.74) is 0. The minimum absolute atomic E-state index is 0.226. The van der Waals surface area contributed by atoms with Crippen molar-refractivity contribution in [2.24, 2.45) is 5.92 Å². The fraction of sp³-hybridized carbons (Fsp3) is 0.500. The number of ether oxygens (including phenoxy) is 1. The van der Waals surface area contributed by atoms with Gasteiger partial charge in [-0.2, -0.15) is 0 Å². The van der Waals surface area contributed by atoms with E-state index < -0.39 is 5.97 Å². The number of halogens is 1. The van der Waals surface area contributed by atoms with Crippen LogP contribution in [-0.4, -0.2) is 17.2 Å². The first kappa shape index (κ1) is 13.4. The quantitative estimate of drug-likeness (QED) is 0.918. The van der Waals surface area contributed by atoms with Gasteiger partial charge in [0, 0.05) is 10.9 Å². The number of hydrogen-bond acceptors (Lipinski definition) is 2. The second-order valence-electron chi connectivity index (χ2n) is 4.82. The highest BCUT2D eigenvalue weighted by molar-refractivity contribution is 9.10. The van der Waals surface area contributed by atoms with Crippen molar-refractivity contribution in [2.75, 3.05) is 0 Å². The number of hydrogen-bond donors (Lipinski definition) is 1. The Hall–Kier alpha value is -1.03. The number of carboxylic acid groups (broad SMARTS) is 1. The summed E-state index contributed by atoms with van der Waals surface area (Å²) in [6.07, 6.45) is 4.32. The van der Waals surface area contributed by atoms with Crippen molar-refractivity contribution < 1.29 is 14.6 Å². The van der Waals surface area contributed by atoms with Crippen molar-refractivity contribution in [3.8, 4) is 5.75 Å². The van der Waals surface area contributed by atoms with Gasteiger partial charge in [0.2, 0.25) is 0 Å². The molecule has 0 saturated heterocycles. The van der Waals surface area contributed by atoms with E-state index in [0.29, 0.717) is 12.3 Å². The Morgan fingerprint density at radius 3 is 2.67 bits per heavy atom. The molecule has 4 heteroatoms. The van der Waals surface area contributed by atoms with Crippen LogP contribution in [0.4, 0.5) is 0 Å². The molecule has 0 unspecified atom stereocenters. The molecule has 0 spiro atoms. The van der Waals surface area contributed by atoms with E-state index >= 15 is 0 Å². The molecule has 1 aromatic carbocycles.